The third kappa shape index (κ3) is 7.38. The normalized spacial score (nSPS) is 13.7. The summed E-state index contributed by atoms with van der Waals surface area (Å²) in [4.78, 5) is 55.7. The Labute approximate surface area is 202 Å². The maximum atomic E-state index is 13.1. The zero-order valence-corrected chi connectivity index (χ0v) is 20.3. The van der Waals surface area contributed by atoms with Crippen LogP contribution in [-0.2, 0) is 19.1 Å². The van der Waals surface area contributed by atoms with Crippen LogP contribution < -0.4 is 15.5 Å². The second-order valence-corrected chi connectivity index (χ2v) is 9.12. The summed E-state index contributed by atoms with van der Waals surface area (Å²) in [6, 6.07) is 6.46. The first-order chi connectivity index (χ1) is 16.4. The molecule has 1 aliphatic carbocycles. The van der Waals surface area contributed by atoms with Gasteiger partial charge >= 0.3 is 5.97 Å². The van der Waals surface area contributed by atoms with E-state index in [4.69, 9.17) is 4.74 Å². The first kappa shape index (κ1) is 25.4. The number of carbonyl (C=O) groups excluding carboxylic acids is 4. The largest absolute Gasteiger partial charge is 0.465 e. The van der Waals surface area contributed by atoms with E-state index in [1.165, 1.54) is 35.8 Å². The highest BCUT2D eigenvalue weighted by Gasteiger charge is 2.23. The fourth-order valence-electron chi connectivity index (χ4n) is 3.85. The smallest absolute Gasteiger partial charge is 0.337 e. The van der Waals surface area contributed by atoms with Crippen molar-refractivity contribution in [3.05, 3.63) is 40.9 Å². The minimum atomic E-state index is -0.543. The van der Waals surface area contributed by atoms with Crippen LogP contribution in [0.2, 0.25) is 0 Å². The Morgan fingerprint density at radius 2 is 1.88 bits per heavy atom. The lowest BCUT2D eigenvalue weighted by atomic mass is 9.95. The van der Waals surface area contributed by atoms with E-state index >= 15 is 0 Å². The third-order valence-electron chi connectivity index (χ3n) is 5.58. The Hall–Kier alpha value is -3.27. The Morgan fingerprint density at radius 1 is 1.12 bits per heavy atom. The summed E-state index contributed by atoms with van der Waals surface area (Å²) in [7, 11) is 1.28. The molecule has 1 aliphatic rings. The van der Waals surface area contributed by atoms with E-state index in [2.05, 4.69) is 15.6 Å². The standard InChI is InChI=1S/C24H30N4O5S/c1-16-15-34-24(25-16)27-20(29)11-12-22(31)28(14-21(30)26-18-8-4-3-5-9-18)19-10-6-7-17(13-19)23(32)33-2/h6-7,10,13,15,18H,3-5,8-9,11-12,14H2,1-2H3,(H,26,30)(H,25,27,29). The van der Waals surface area contributed by atoms with Crippen LogP contribution in [-0.4, -0.2) is 48.4 Å². The fourth-order valence-corrected chi connectivity index (χ4v) is 4.56. The molecular weight excluding hydrogens is 456 g/mol. The van der Waals surface area contributed by atoms with E-state index in [9.17, 15) is 19.2 Å². The molecule has 1 saturated carbocycles. The zero-order chi connectivity index (χ0) is 24.5. The molecule has 2 N–H and O–H groups in total. The summed E-state index contributed by atoms with van der Waals surface area (Å²) in [6.45, 7) is 1.63. The van der Waals surface area contributed by atoms with Crippen molar-refractivity contribution >= 4 is 45.8 Å². The van der Waals surface area contributed by atoms with Crippen molar-refractivity contribution in [3.63, 3.8) is 0 Å². The molecule has 0 saturated heterocycles. The lowest BCUT2D eigenvalue weighted by molar-refractivity contribution is -0.125. The molecule has 10 heteroatoms. The lowest BCUT2D eigenvalue weighted by Gasteiger charge is -2.26. The van der Waals surface area contributed by atoms with Crippen molar-refractivity contribution in [1.82, 2.24) is 10.3 Å². The molecule has 0 radical (unpaired) electrons. The second-order valence-electron chi connectivity index (χ2n) is 8.27. The number of amides is 3. The number of esters is 1. The van der Waals surface area contributed by atoms with Crippen molar-refractivity contribution in [1.29, 1.82) is 0 Å². The molecule has 1 heterocycles. The first-order valence-electron chi connectivity index (χ1n) is 11.4. The molecule has 1 fully saturated rings. The average molecular weight is 487 g/mol. The molecule has 0 atom stereocenters. The van der Waals surface area contributed by atoms with Gasteiger partial charge in [0.15, 0.2) is 5.13 Å². The van der Waals surface area contributed by atoms with Gasteiger partial charge in [-0.25, -0.2) is 9.78 Å². The number of methoxy groups -OCH3 is 1. The molecule has 2 aromatic rings. The van der Waals surface area contributed by atoms with Crippen LogP contribution in [0.1, 0.15) is 61.0 Å². The second kappa shape index (κ2) is 12.3. The van der Waals surface area contributed by atoms with Crippen LogP contribution >= 0.6 is 11.3 Å². The van der Waals surface area contributed by atoms with Gasteiger partial charge in [0.05, 0.1) is 18.4 Å². The van der Waals surface area contributed by atoms with Crippen molar-refractivity contribution < 1.29 is 23.9 Å². The molecule has 182 valence electrons. The van der Waals surface area contributed by atoms with Crippen LogP contribution in [0.25, 0.3) is 0 Å². The van der Waals surface area contributed by atoms with E-state index in [1.807, 2.05) is 12.3 Å². The minimum absolute atomic E-state index is 0.0606. The number of rotatable bonds is 9. The van der Waals surface area contributed by atoms with Crippen molar-refractivity contribution in [2.75, 3.05) is 23.9 Å². The summed E-state index contributed by atoms with van der Waals surface area (Å²) < 4.78 is 4.77. The van der Waals surface area contributed by atoms with Crippen molar-refractivity contribution in [3.8, 4) is 0 Å². The Bertz CT molecular complexity index is 1030. The van der Waals surface area contributed by atoms with Crippen LogP contribution in [0.4, 0.5) is 10.8 Å². The highest BCUT2D eigenvalue weighted by atomic mass is 32.1. The topological polar surface area (TPSA) is 118 Å². The number of carbonyl (C=O) groups is 4. The quantitative estimate of drug-likeness (QED) is 0.524. The van der Waals surface area contributed by atoms with Gasteiger partial charge < -0.3 is 20.3 Å². The summed E-state index contributed by atoms with van der Waals surface area (Å²) in [5.74, 6) is -1.55. The van der Waals surface area contributed by atoms with E-state index < -0.39 is 11.9 Å². The predicted octanol–water partition coefficient (Wildman–Crippen LogP) is 3.44. The zero-order valence-electron chi connectivity index (χ0n) is 19.5. The molecule has 3 rings (SSSR count). The summed E-state index contributed by atoms with van der Waals surface area (Å²) >= 11 is 1.31. The van der Waals surface area contributed by atoms with Gasteiger partial charge in [0.25, 0.3) is 0 Å². The molecule has 9 nitrogen and oxygen atoms in total. The van der Waals surface area contributed by atoms with Crippen molar-refractivity contribution in [2.24, 2.45) is 0 Å². The summed E-state index contributed by atoms with van der Waals surface area (Å²) in [5, 5.41) is 7.99. The first-order valence-corrected chi connectivity index (χ1v) is 12.2. The maximum Gasteiger partial charge on any atom is 0.337 e. The number of benzene rings is 1. The number of hydrogen-bond acceptors (Lipinski definition) is 7. The van der Waals surface area contributed by atoms with Gasteiger partial charge in [0.1, 0.15) is 6.54 Å². The number of nitrogens with one attached hydrogen (secondary N) is 2. The predicted molar refractivity (Wildman–Crippen MR) is 130 cm³/mol. The molecule has 1 aromatic carbocycles. The van der Waals surface area contributed by atoms with Gasteiger partial charge in [-0.3, -0.25) is 14.4 Å². The maximum absolute atomic E-state index is 13.1. The van der Waals surface area contributed by atoms with E-state index in [-0.39, 0.29) is 42.8 Å². The van der Waals surface area contributed by atoms with E-state index in [0.29, 0.717) is 10.8 Å². The molecule has 0 aliphatic heterocycles. The van der Waals surface area contributed by atoms with E-state index in [1.54, 1.807) is 18.2 Å². The Morgan fingerprint density at radius 3 is 2.56 bits per heavy atom. The van der Waals surface area contributed by atoms with Gasteiger partial charge in [-0.2, -0.15) is 0 Å². The number of anilines is 2. The Kier molecular flexibility index (Phi) is 9.15. The van der Waals surface area contributed by atoms with Gasteiger partial charge in [-0.15, -0.1) is 11.3 Å². The third-order valence-corrected chi connectivity index (χ3v) is 6.46. The number of thiazole rings is 1. The van der Waals surface area contributed by atoms with Crippen LogP contribution in [0, 0.1) is 6.92 Å². The SMILES string of the molecule is COC(=O)c1cccc(N(CC(=O)NC2CCCCC2)C(=O)CCC(=O)Nc2nc(C)cs2)c1. The van der Waals surface area contributed by atoms with Gasteiger partial charge in [0, 0.05) is 30.0 Å². The average Bonchev–Trinajstić information content (AvgIpc) is 3.25. The molecule has 0 spiro atoms. The fraction of sp³-hybridized carbons (Fsp3) is 0.458. The molecule has 3 amide bonds. The van der Waals surface area contributed by atoms with Crippen LogP contribution in [0.15, 0.2) is 29.6 Å². The van der Waals surface area contributed by atoms with Gasteiger partial charge in [0.2, 0.25) is 17.7 Å². The molecule has 34 heavy (non-hydrogen) atoms. The van der Waals surface area contributed by atoms with Crippen LogP contribution in [0.5, 0.6) is 0 Å². The van der Waals surface area contributed by atoms with E-state index in [0.717, 1.165) is 31.4 Å². The van der Waals surface area contributed by atoms with Crippen molar-refractivity contribution in [2.45, 2.75) is 57.9 Å². The minimum Gasteiger partial charge on any atom is -0.465 e. The highest BCUT2D eigenvalue weighted by molar-refractivity contribution is 7.13. The number of ether oxygens (including phenoxy) is 1. The monoisotopic (exact) mass is 486 g/mol. The van der Waals surface area contributed by atoms with Crippen LogP contribution in [0.3, 0.4) is 0 Å². The summed E-state index contributed by atoms with van der Waals surface area (Å²) in [5.41, 5.74) is 1.46. The number of aromatic nitrogens is 1. The molecule has 1 aromatic heterocycles. The lowest BCUT2D eigenvalue weighted by Crippen LogP contribution is -2.45. The number of nitrogens with zero attached hydrogens (tertiary/aromatic N) is 2. The highest BCUT2D eigenvalue weighted by Crippen LogP contribution is 2.21. The molecular formula is C24H30N4O5S. The number of aryl methyl sites for hydroxylation is 1. The molecule has 0 bridgehead atoms. The van der Waals surface area contributed by atoms with Gasteiger partial charge in [-0.1, -0.05) is 25.3 Å². The molecule has 0 unspecified atom stereocenters. The van der Waals surface area contributed by atoms with Gasteiger partial charge in [-0.05, 0) is 38.0 Å². The number of hydrogen-bond donors (Lipinski definition) is 2. The Balaban J connectivity index is 1.69. The summed E-state index contributed by atoms with van der Waals surface area (Å²) in [6.07, 6.45) is 5.00.